The highest BCUT2D eigenvalue weighted by molar-refractivity contribution is 6.31. The molecule has 3 aromatic rings. The van der Waals surface area contributed by atoms with Crippen molar-refractivity contribution >= 4 is 28.0 Å². The van der Waals surface area contributed by atoms with Crippen LogP contribution >= 0.6 is 11.6 Å². The Bertz CT molecular complexity index is 646. The van der Waals surface area contributed by atoms with Gasteiger partial charge in [-0.1, -0.05) is 11.6 Å². The molecule has 0 saturated heterocycles. The molecule has 72 valence electrons. The Balaban J connectivity index is 2.57. The van der Waals surface area contributed by atoms with Gasteiger partial charge in [-0.3, -0.25) is 0 Å². The summed E-state index contributed by atoms with van der Waals surface area (Å²) in [5.41, 5.74) is 2.31. The molecule has 0 aliphatic carbocycles. The first-order chi connectivity index (χ1) is 7.34. The summed E-state index contributed by atoms with van der Waals surface area (Å²) in [6.07, 6.45) is 2.05. The molecular formula is C13H9ClN+. The first kappa shape index (κ1) is 8.69. The van der Waals surface area contributed by atoms with Crippen LogP contribution in [-0.2, 0) is 0 Å². The van der Waals surface area contributed by atoms with E-state index in [0.717, 1.165) is 10.5 Å². The van der Waals surface area contributed by atoms with E-state index in [0.29, 0.717) is 0 Å². The number of hydrogen-bond acceptors (Lipinski definition) is 0. The lowest BCUT2D eigenvalue weighted by Gasteiger charge is -1.97. The molecule has 2 heteroatoms. The summed E-state index contributed by atoms with van der Waals surface area (Å²) in [7, 11) is 0. The van der Waals surface area contributed by atoms with Crippen LogP contribution in [0.5, 0.6) is 0 Å². The highest BCUT2D eigenvalue weighted by Crippen LogP contribution is 2.16. The number of aromatic nitrogens is 1. The zero-order chi connectivity index (χ0) is 10.3. The second kappa shape index (κ2) is 3.21. The molecule has 3 rings (SSSR count). The maximum absolute atomic E-state index is 6.01. The quantitative estimate of drug-likeness (QED) is 0.400. The van der Waals surface area contributed by atoms with Crippen molar-refractivity contribution in [1.29, 1.82) is 0 Å². The van der Waals surface area contributed by atoms with E-state index < -0.39 is 0 Å². The molecule has 0 atom stereocenters. The van der Waals surface area contributed by atoms with Gasteiger partial charge in [0, 0.05) is 34.7 Å². The SMILES string of the molecule is Clc1ccc2ccc3cccc[n+]3c2c1. The molecule has 0 amide bonds. The minimum atomic E-state index is 0.770. The third-order valence-electron chi connectivity index (χ3n) is 2.58. The Morgan fingerprint density at radius 2 is 1.80 bits per heavy atom. The molecule has 15 heavy (non-hydrogen) atoms. The van der Waals surface area contributed by atoms with Crippen molar-refractivity contribution in [2.45, 2.75) is 0 Å². The number of pyridine rings is 2. The van der Waals surface area contributed by atoms with E-state index in [1.165, 1.54) is 10.9 Å². The zero-order valence-electron chi connectivity index (χ0n) is 8.02. The lowest BCUT2D eigenvalue weighted by molar-refractivity contribution is -0.481. The molecule has 0 unspecified atom stereocenters. The van der Waals surface area contributed by atoms with E-state index >= 15 is 0 Å². The van der Waals surface area contributed by atoms with Gasteiger partial charge in [0.2, 0.25) is 11.0 Å². The fourth-order valence-electron chi connectivity index (χ4n) is 1.85. The van der Waals surface area contributed by atoms with Crippen LogP contribution in [0.15, 0.2) is 54.7 Å². The monoisotopic (exact) mass is 214 g/mol. The van der Waals surface area contributed by atoms with Crippen LogP contribution in [0.25, 0.3) is 16.4 Å². The highest BCUT2D eigenvalue weighted by Gasteiger charge is 2.07. The van der Waals surface area contributed by atoms with Gasteiger partial charge in [-0.2, -0.15) is 4.40 Å². The fraction of sp³-hybridized carbons (Fsp3) is 0. The molecule has 0 spiro atoms. The highest BCUT2D eigenvalue weighted by atomic mass is 35.5. The average Bonchev–Trinajstić information content (AvgIpc) is 2.29. The van der Waals surface area contributed by atoms with E-state index in [1.54, 1.807) is 0 Å². The molecule has 0 saturated carbocycles. The average molecular weight is 215 g/mol. The Hall–Kier alpha value is -1.60. The van der Waals surface area contributed by atoms with Crippen molar-refractivity contribution in [3.8, 4) is 0 Å². The molecule has 0 radical (unpaired) electrons. The zero-order valence-corrected chi connectivity index (χ0v) is 8.78. The van der Waals surface area contributed by atoms with Crippen molar-refractivity contribution in [3.63, 3.8) is 0 Å². The van der Waals surface area contributed by atoms with Gasteiger partial charge in [0.15, 0.2) is 6.20 Å². The van der Waals surface area contributed by atoms with Gasteiger partial charge in [0.1, 0.15) is 0 Å². The predicted molar refractivity (Wildman–Crippen MR) is 62.1 cm³/mol. The minimum absolute atomic E-state index is 0.770. The first-order valence-electron chi connectivity index (χ1n) is 4.83. The molecule has 1 nitrogen and oxygen atoms in total. The molecule has 1 aromatic carbocycles. The van der Waals surface area contributed by atoms with Crippen molar-refractivity contribution in [2.75, 3.05) is 0 Å². The maximum Gasteiger partial charge on any atom is 0.219 e. The molecule has 0 N–H and O–H groups in total. The van der Waals surface area contributed by atoms with Crippen LogP contribution in [0.2, 0.25) is 5.02 Å². The van der Waals surface area contributed by atoms with Gasteiger partial charge in [0.05, 0.1) is 0 Å². The Kier molecular flexibility index (Phi) is 1.86. The summed E-state index contributed by atoms with van der Waals surface area (Å²) < 4.78 is 2.14. The molecule has 2 heterocycles. The fourth-order valence-corrected chi connectivity index (χ4v) is 2.02. The Morgan fingerprint density at radius 1 is 0.933 bits per heavy atom. The Labute approximate surface area is 92.5 Å². The first-order valence-corrected chi connectivity index (χ1v) is 5.21. The van der Waals surface area contributed by atoms with Gasteiger partial charge in [-0.15, -0.1) is 0 Å². The van der Waals surface area contributed by atoms with Gasteiger partial charge in [-0.05, 0) is 24.3 Å². The normalized spacial score (nSPS) is 11.0. The second-order valence-corrected chi connectivity index (χ2v) is 3.97. The number of benzene rings is 1. The van der Waals surface area contributed by atoms with Crippen LogP contribution in [0, 0.1) is 0 Å². The summed E-state index contributed by atoms with van der Waals surface area (Å²) in [4.78, 5) is 0. The molecule has 0 aliphatic rings. The summed E-state index contributed by atoms with van der Waals surface area (Å²) in [6, 6.07) is 16.3. The number of hydrogen-bond donors (Lipinski definition) is 0. The van der Waals surface area contributed by atoms with Crippen molar-refractivity contribution in [2.24, 2.45) is 0 Å². The standard InChI is InChI=1S/C13H9ClN/c14-11-6-4-10-5-7-12-3-1-2-8-15(12)13(10)9-11/h1-9H/q+1. The van der Waals surface area contributed by atoms with Crippen LogP contribution in [0.3, 0.4) is 0 Å². The van der Waals surface area contributed by atoms with Crippen LogP contribution in [-0.4, -0.2) is 0 Å². The predicted octanol–water partition coefficient (Wildman–Crippen LogP) is 3.23. The topological polar surface area (TPSA) is 4.10 Å². The van der Waals surface area contributed by atoms with E-state index in [1.807, 2.05) is 36.5 Å². The number of rotatable bonds is 0. The Morgan fingerprint density at radius 3 is 2.73 bits per heavy atom. The minimum Gasteiger partial charge on any atom is -0.160 e. The smallest absolute Gasteiger partial charge is 0.160 e. The molecular weight excluding hydrogens is 206 g/mol. The molecule has 0 aliphatic heterocycles. The second-order valence-electron chi connectivity index (χ2n) is 3.53. The summed E-state index contributed by atoms with van der Waals surface area (Å²) >= 11 is 6.01. The number of halogens is 1. The van der Waals surface area contributed by atoms with Crippen LogP contribution in [0.4, 0.5) is 0 Å². The molecule has 0 bridgehead atoms. The summed E-state index contributed by atoms with van der Waals surface area (Å²) in [6.45, 7) is 0. The summed E-state index contributed by atoms with van der Waals surface area (Å²) in [5.74, 6) is 0. The maximum atomic E-state index is 6.01. The van der Waals surface area contributed by atoms with E-state index in [2.05, 4.69) is 22.6 Å². The van der Waals surface area contributed by atoms with Gasteiger partial charge in [0.25, 0.3) is 0 Å². The summed E-state index contributed by atoms with van der Waals surface area (Å²) in [5, 5.41) is 1.97. The van der Waals surface area contributed by atoms with E-state index in [-0.39, 0.29) is 0 Å². The van der Waals surface area contributed by atoms with Gasteiger partial charge in [-0.25, -0.2) is 0 Å². The lowest BCUT2D eigenvalue weighted by Crippen LogP contribution is -2.21. The van der Waals surface area contributed by atoms with Gasteiger partial charge < -0.3 is 0 Å². The number of nitrogens with zero attached hydrogens (tertiary/aromatic N) is 1. The molecule has 0 fully saturated rings. The third kappa shape index (κ3) is 1.36. The van der Waals surface area contributed by atoms with Crippen molar-refractivity contribution in [1.82, 2.24) is 0 Å². The number of fused-ring (bicyclic) bond motifs is 3. The van der Waals surface area contributed by atoms with Crippen LogP contribution in [0.1, 0.15) is 0 Å². The lowest BCUT2D eigenvalue weighted by atomic mass is 10.2. The van der Waals surface area contributed by atoms with Crippen molar-refractivity contribution < 1.29 is 4.40 Å². The largest absolute Gasteiger partial charge is 0.219 e. The van der Waals surface area contributed by atoms with Gasteiger partial charge >= 0.3 is 0 Å². The molecule has 2 aromatic heterocycles. The van der Waals surface area contributed by atoms with E-state index in [4.69, 9.17) is 11.6 Å². The van der Waals surface area contributed by atoms with Crippen LogP contribution < -0.4 is 4.40 Å². The van der Waals surface area contributed by atoms with Crippen molar-refractivity contribution in [3.05, 3.63) is 59.8 Å². The third-order valence-corrected chi connectivity index (χ3v) is 2.81. The van der Waals surface area contributed by atoms with E-state index in [9.17, 15) is 0 Å².